The van der Waals surface area contributed by atoms with E-state index in [4.69, 9.17) is 0 Å². The Bertz CT molecular complexity index is 553. The van der Waals surface area contributed by atoms with Gasteiger partial charge in [0.2, 0.25) is 0 Å². The Balaban J connectivity index is 1.95. The van der Waals surface area contributed by atoms with Gasteiger partial charge >= 0.3 is 0 Å². The predicted molar refractivity (Wildman–Crippen MR) is 73.7 cm³/mol. The first kappa shape index (κ1) is 11.8. The lowest BCUT2D eigenvalue weighted by Crippen LogP contribution is -2.43. The molecule has 3 nitrogen and oxygen atoms in total. The first-order valence-electron chi connectivity index (χ1n) is 6.64. The molecule has 1 aromatic carbocycles. The van der Waals surface area contributed by atoms with Crippen LogP contribution < -0.4 is 5.32 Å². The highest BCUT2D eigenvalue weighted by Crippen LogP contribution is 2.28. The quantitative estimate of drug-likeness (QED) is 0.846. The molecule has 0 bridgehead atoms. The van der Waals surface area contributed by atoms with Crippen molar-refractivity contribution in [3.05, 3.63) is 36.0 Å². The van der Waals surface area contributed by atoms with Crippen molar-refractivity contribution in [2.45, 2.75) is 24.9 Å². The van der Waals surface area contributed by atoms with Crippen LogP contribution in [0.25, 0.3) is 10.9 Å². The number of rotatable bonds is 2. The number of piperidine rings is 1. The van der Waals surface area contributed by atoms with Gasteiger partial charge in [0.15, 0.2) is 0 Å². The number of hydrogen-bond donors (Lipinski definition) is 2. The molecule has 0 saturated carbocycles. The van der Waals surface area contributed by atoms with Gasteiger partial charge in [-0.15, -0.1) is 0 Å². The summed E-state index contributed by atoms with van der Waals surface area (Å²) in [6, 6.07) is 8.41. The minimum atomic E-state index is -0.532. The predicted octanol–water partition coefficient (Wildman–Crippen LogP) is 1.84. The van der Waals surface area contributed by atoms with Crippen molar-refractivity contribution in [1.82, 2.24) is 9.88 Å². The third-order valence-electron chi connectivity index (χ3n) is 4.03. The average molecular weight is 244 g/mol. The Hall–Kier alpha value is -1.32. The fourth-order valence-electron chi connectivity index (χ4n) is 2.99. The van der Waals surface area contributed by atoms with Crippen LogP contribution in [0.15, 0.2) is 30.5 Å². The van der Waals surface area contributed by atoms with Crippen molar-refractivity contribution >= 4 is 10.9 Å². The number of aryl methyl sites for hydroxylation is 1. The van der Waals surface area contributed by atoms with E-state index >= 15 is 0 Å². The Labute approximate surface area is 107 Å². The number of fused-ring (bicyclic) bond motifs is 1. The summed E-state index contributed by atoms with van der Waals surface area (Å²) >= 11 is 0. The minimum absolute atomic E-state index is 0.532. The monoisotopic (exact) mass is 244 g/mol. The summed E-state index contributed by atoms with van der Waals surface area (Å²) in [5.41, 5.74) is 1.97. The lowest BCUT2D eigenvalue weighted by atomic mass is 9.86. The molecule has 2 heterocycles. The smallest absolute Gasteiger partial charge is 0.0712 e. The summed E-state index contributed by atoms with van der Waals surface area (Å²) in [6.45, 7) is 1.84. The Morgan fingerprint density at radius 1 is 1.28 bits per heavy atom. The molecule has 1 fully saturated rings. The maximum absolute atomic E-state index is 10.6. The summed E-state index contributed by atoms with van der Waals surface area (Å²) < 4.78 is 2.15. The molecule has 1 aromatic heterocycles. The molecule has 0 unspecified atom stereocenters. The molecular formula is C15H20N2O. The highest BCUT2D eigenvalue weighted by molar-refractivity contribution is 5.84. The number of aromatic nitrogens is 1. The van der Waals surface area contributed by atoms with Gasteiger partial charge in [0, 0.05) is 30.6 Å². The second-order valence-electron chi connectivity index (χ2n) is 5.43. The van der Waals surface area contributed by atoms with E-state index in [0.29, 0.717) is 0 Å². The van der Waals surface area contributed by atoms with Crippen LogP contribution in [-0.2, 0) is 13.5 Å². The number of nitrogens with zero attached hydrogens (tertiary/aromatic N) is 1. The van der Waals surface area contributed by atoms with E-state index in [1.165, 1.54) is 16.5 Å². The van der Waals surface area contributed by atoms with Crippen molar-refractivity contribution in [3.63, 3.8) is 0 Å². The van der Waals surface area contributed by atoms with Crippen molar-refractivity contribution in [2.24, 2.45) is 7.05 Å². The Morgan fingerprint density at radius 3 is 2.78 bits per heavy atom. The van der Waals surface area contributed by atoms with Gasteiger partial charge in [-0.25, -0.2) is 0 Å². The first-order valence-corrected chi connectivity index (χ1v) is 6.64. The van der Waals surface area contributed by atoms with Crippen LogP contribution in [0.5, 0.6) is 0 Å². The first-order chi connectivity index (χ1) is 8.68. The van der Waals surface area contributed by atoms with Crippen LogP contribution in [0.1, 0.15) is 18.4 Å². The Morgan fingerprint density at radius 2 is 2.00 bits per heavy atom. The molecular weight excluding hydrogens is 224 g/mol. The molecule has 96 valence electrons. The molecule has 0 aliphatic carbocycles. The van der Waals surface area contributed by atoms with E-state index in [-0.39, 0.29) is 0 Å². The SMILES string of the molecule is Cn1cc(CC2(O)CCNCC2)c2ccccc21. The molecule has 3 rings (SSSR count). The van der Waals surface area contributed by atoms with Crippen molar-refractivity contribution in [3.8, 4) is 0 Å². The number of hydrogen-bond acceptors (Lipinski definition) is 2. The summed E-state index contributed by atoms with van der Waals surface area (Å²) in [6.07, 6.45) is 4.60. The second kappa shape index (κ2) is 4.41. The molecule has 0 spiro atoms. The topological polar surface area (TPSA) is 37.2 Å². The fourth-order valence-corrected chi connectivity index (χ4v) is 2.99. The standard InChI is InChI=1S/C15H20N2O/c1-17-11-12(13-4-2-3-5-14(13)17)10-15(18)6-8-16-9-7-15/h2-5,11,16,18H,6-10H2,1H3. The van der Waals surface area contributed by atoms with Gasteiger partial charge in [-0.05, 0) is 37.6 Å². The third kappa shape index (κ3) is 2.04. The van der Waals surface area contributed by atoms with Crippen molar-refractivity contribution in [1.29, 1.82) is 0 Å². The van der Waals surface area contributed by atoms with Crippen LogP contribution in [0.2, 0.25) is 0 Å². The summed E-state index contributed by atoms with van der Waals surface area (Å²) in [7, 11) is 2.07. The van der Waals surface area contributed by atoms with Crippen molar-refractivity contribution < 1.29 is 5.11 Å². The van der Waals surface area contributed by atoms with E-state index < -0.39 is 5.60 Å². The zero-order chi connectivity index (χ0) is 12.6. The normalized spacial score (nSPS) is 19.2. The van der Waals surface area contributed by atoms with Crippen LogP contribution >= 0.6 is 0 Å². The number of benzene rings is 1. The zero-order valence-electron chi connectivity index (χ0n) is 10.8. The van der Waals surface area contributed by atoms with E-state index in [1.54, 1.807) is 0 Å². The van der Waals surface area contributed by atoms with Crippen LogP contribution in [0, 0.1) is 0 Å². The van der Waals surface area contributed by atoms with Crippen LogP contribution in [0.3, 0.4) is 0 Å². The molecule has 2 N–H and O–H groups in total. The van der Waals surface area contributed by atoms with E-state index in [1.807, 2.05) is 0 Å². The largest absolute Gasteiger partial charge is 0.389 e. The van der Waals surface area contributed by atoms with Gasteiger partial charge in [-0.2, -0.15) is 0 Å². The molecule has 1 aliphatic heterocycles. The number of para-hydroxylation sites is 1. The summed E-state index contributed by atoms with van der Waals surface area (Å²) in [5, 5.41) is 15.2. The second-order valence-corrected chi connectivity index (χ2v) is 5.43. The van der Waals surface area contributed by atoms with Gasteiger partial charge in [0.25, 0.3) is 0 Å². The van der Waals surface area contributed by atoms with Gasteiger partial charge in [0.1, 0.15) is 0 Å². The van der Waals surface area contributed by atoms with Crippen molar-refractivity contribution in [2.75, 3.05) is 13.1 Å². The third-order valence-corrected chi connectivity index (χ3v) is 4.03. The van der Waals surface area contributed by atoms with Crippen LogP contribution in [0.4, 0.5) is 0 Å². The highest BCUT2D eigenvalue weighted by Gasteiger charge is 2.30. The highest BCUT2D eigenvalue weighted by atomic mass is 16.3. The Kier molecular flexibility index (Phi) is 2.88. The maximum Gasteiger partial charge on any atom is 0.0712 e. The molecule has 1 aliphatic rings. The molecule has 3 heteroatoms. The minimum Gasteiger partial charge on any atom is -0.389 e. The maximum atomic E-state index is 10.6. The van der Waals surface area contributed by atoms with Crippen LogP contribution in [-0.4, -0.2) is 28.4 Å². The summed E-state index contributed by atoms with van der Waals surface area (Å²) in [4.78, 5) is 0. The number of nitrogens with one attached hydrogen (secondary N) is 1. The zero-order valence-corrected chi connectivity index (χ0v) is 10.8. The molecule has 0 radical (unpaired) electrons. The number of aliphatic hydroxyl groups is 1. The van der Waals surface area contributed by atoms with Gasteiger partial charge in [0.05, 0.1) is 5.60 Å². The molecule has 0 amide bonds. The lowest BCUT2D eigenvalue weighted by molar-refractivity contribution is 0.0111. The summed E-state index contributed by atoms with van der Waals surface area (Å²) in [5.74, 6) is 0. The molecule has 1 saturated heterocycles. The van der Waals surface area contributed by atoms with Gasteiger partial charge < -0.3 is 15.0 Å². The van der Waals surface area contributed by atoms with E-state index in [0.717, 1.165) is 32.4 Å². The average Bonchev–Trinajstić information content (AvgIpc) is 2.67. The van der Waals surface area contributed by atoms with Gasteiger partial charge in [-0.1, -0.05) is 18.2 Å². The lowest BCUT2D eigenvalue weighted by Gasteiger charge is -2.32. The molecule has 18 heavy (non-hydrogen) atoms. The fraction of sp³-hybridized carbons (Fsp3) is 0.467. The van der Waals surface area contributed by atoms with E-state index in [9.17, 15) is 5.11 Å². The van der Waals surface area contributed by atoms with Gasteiger partial charge in [-0.3, -0.25) is 0 Å². The van der Waals surface area contributed by atoms with E-state index in [2.05, 4.69) is 47.4 Å². The molecule has 0 atom stereocenters. The molecule has 2 aromatic rings.